The number of thiazole rings is 1. The van der Waals surface area contributed by atoms with Crippen LogP contribution in [0.15, 0.2) is 29.0 Å². The number of hydrogen-bond donors (Lipinski definition) is 1. The van der Waals surface area contributed by atoms with Gasteiger partial charge in [-0.15, -0.1) is 22.7 Å². The van der Waals surface area contributed by atoms with Crippen molar-refractivity contribution < 1.29 is 9.59 Å². The molecule has 1 fully saturated rings. The van der Waals surface area contributed by atoms with Crippen molar-refractivity contribution in [2.24, 2.45) is 0 Å². The topological polar surface area (TPSA) is 62.3 Å². The summed E-state index contributed by atoms with van der Waals surface area (Å²) in [4.78, 5) is 31.2. The van der Waals surface area contributed by atoms with Crippen molar-refractivity contribution in [3.8, 4) is 0 Å². The highest BCUT2D eigenvalue weighted by Crippen LogP contribution is 2.29. The van der Waals surface area contributed by atoms with Gasteiger partial charge in [-0.3, -0.25) is 9.59 Å². The van der Waals surface area contributed by atoms with Crippen LogP contribution in [-0.2, 0) is 16.0 Å². The molecule has 1 saturated heterocycles. The van der Waals surface area contributed by atoms with Crippen molar-refractivity contribution in [2.45, 2.75) is 32.1 Å². The smallest absolute Gasteiger partial charge is 0.246 e. The second kappa shape index (κ2) is 9.09. The van der Waals surface area contributed by atoms with E-state index in [1.54, 1.807) is 28.7 Å². The van der Waals surface area contributed by atoms with E-state index in [2.05, 4.69) is 10.7 Å². The van der Waals surface area contributed by atoms with E-state index in [-0.39, 0.29) is 11.8 Å². The molecule has 5 nitrogen and oxygen atoms in total. The van der Waals surface area contributed by atoms with Gasteiger partial charge in [-0.05, 0) is 30.4 Å². The van der Waals surface area contributed by atoms with Crippen LogP contribution in [0.4, 0.5) is 0 Å². The lowest BCUT2D eigenvalue weighted by molar-refractivity contribution is -0.127. The van der Waals surface area contributed by atoms with Crippen molar-refractivity contribution in [2.75, 3.05) is 19.6 Å². The highest BCUT2D eigenvalue weighted by Gasteiger charge is 2.25. The van der Waals surface area contributed by atoms with E-state index in [0.29, 0.717) is 12.5 Å². The molecule has 26 heavy (non-hydrogen) atoms. The average molecular weight is 390 g/mol. The van der Waals surface area contributed by atoms with E-state index in [1.165, 1.54) is 6.92 Å². The third kappa shape index (κ3) is 5.25. The van der Waals surface area contributed by atoms with Crippen molar-refractivity contribution in [1.82, 2.24) is 15.2 Å². The van der Waals surface area contributed by atoms with Gasteiger partial charge in [0.1, 0.15) is 0 Å². The number of thiophene rings is 1. The fourth-order valence-electron chi connectivity index (χ4n) is 3.02. The lowest BCUT2D eigenvalue weighted by atomic mass is 9.98. The summed E-state index contributed by atoms with van der Waals surface area (Å²) >= 11 is 3.29. The van der Waals surface area contributed by atoms with Crippen molar-refractivity contribution in [3.63, 3.8) is 0 Å². The lowest BCUT2D eigenvalue weighted by Gasteiger charge is -2.31. The van der Waals surface area contributed by atoms with E-state index in [9.17, 15) is 9.59 Å². The zero-order chi connectivity index (χ0) is 18.4. The monoisotopic (exact) mass is 389 g/mol. The molecule has 2 amide bonds. The summed E-state index contributed by atoms with van der Waals surface area (Å²) in [6.45, 7) is 3.67. The molecule has 0 radical (unpaired) electrons. The van der Waals surface area contributed by atoms with Crippen LogP contribution in [0.1, 0.15) is 41.3 Å². The van der Waals surface area contributed by atoms with Gasteiger partial charge >= 0.3 is 0 Å². The SMILES string of the molecule is CC(=O)NCCc1csc([C@H]2CCCN(C(=O)/C=C/c3cccs3)C2)n1. The molecular formula is C19H23N3O2S2. The Morgan fingerprint density at radius 2 is 2.31 bits per heavy atom. The van der Waals surface area contributed by atoms with Crippen LogP contribution in [-0.4, -0.2) is 41.3 Å². The predicted octanol–water partition coefficient (Wildman–Crippen LogP) is 3.30. The van der Waals surface area contributed by atoms with E-state index in [4.69, 9.17) is 4.98 Å². The van der Waals surface area contributed by atoms with E-state index in [1.807, 2.05) is 28.5 Å². The number of carbonyl (C=O) groups excluding carboxylic acids is 2. The number of hydrogen-bond acceptors (Lipinski definition) is 5. The quantitative estimate of drug-likeness (QED) is 0.771. The van der Waals surface area contributed by atoms with E-state index < -0.39 is 0 Å². The zero-order valence-corrected chi connectivity index (χ0v) is 16.4. The van der Waals surface area contributed by atoms with Gasteiger partial charge in [0.25, 0.3) is 0 Å². The normalized spacial score (nSPS) is 17.6. The maximum absolute atomic E-state index is 12.5. The predicted molar refractivity (Wildman–Crippen MR) is 106 cm³/mol. The molecule has 0 spiro atoms. The van der Waals surface area contributed by atoms with Crippen molar-refractivity contribution >= 4 is 40.6 Å². The summed E-state index contributed by atoms with van der Waals surface area (Å²) < 4.78 is 0. The van der Waals surface area contributed by atoms with Gasteiger partial charge in [-0.2, -0.15) is 0 Å². The van der Waals surface area contributed by atoms with Gasteiger partial charge in [0.2, 0.25) is 11.8 Å². The number of nitrogens with one attached hydrogen (secondary N) is 1. The van der Waals surface area contributed by atoms with Crippen LogP contribution < -0.4 is 5.32 Å². The molecule has 0 bridgehead atoms. The summed E-state index contributed by atoms with van der Waals surface area (Å²) in [5.41, 5.74) is 1.01. The molecule has 0 aromatic carbocycles. The Morgan fingerprint density at radius 1 is 1.42 bits per heavy atom. The Hall–Kier alpha value is -1.99. The number of carbonyl (C=O) groups is 2. The van der Waals surface area contributed by atoms with Gasteiger partial charge in [0.15, 0.2) is 0 Å². The molecule has 3 rings (SSSR count). The number of rotatable bonds is 6. The maximum Gasteiger partial charge on any atom is 0.246 e. The fraction of sp³-hybridized carbons (Fsp3) is 0.421. The van der Waals surface area contributed by atoms with E-state index >= 15 is 0 Å². The first kappa shape index (κ1) is 18.8. The van der Waals surface area contributed by atoms with Crippen LogP contribution in [0.5, 0.6) is 0 Å². The Kier molecular flexibility index (Phi) is 6.57. The molecule has 138 valence electrons. The summed E-state index contributed by atoms with van der Waals surface area (Å²) in [6, 6.07) is 3.99. The minimum Gasteiger partial charge on any atom is -0.356 e. The first-order chi connectivity index (χ1) is 12.6. The summed E-state index contributed by atoms with van der Waals surface area (Å²) in [6.07, 6.45) is 6.38. The molecule has 1 N–H and O–H groups in total. The number of aromatic nitrogens is 1. The molecule has 7 heteroatoms. The van der Waals surface area contributed by atoms with Gasteiger partial charge in [-0.25, -0.2) is 4.98 Å². The summed E-state index contributed by atoms with van der Waals surface area (Å²) in [7, 11) is 0. The molecule has 1 aliphatic rings. The van der Waals surface area contributed by atoms with E-state index in [0.717, 1.165) is 47.9 Å². The first-order valence-electron chi connectivity index (χ1n) is 8.81. The molecule has 2 aromatic heterocycles. The van der Waals surface area contributed by atoms with Gasteiger partial charge in [0, 0.05) is 55.2 Å². The second-order valence-corrected chi connectivity index (χ2v) is 8.25. The maximum atomic E-state index is 12.5. The zero-order valence-electron chi connectivity index (χ0n) is 14.8. The Balaban J connectivity index is 1.55. The van der Waals surface area contributed by atoms with Crippen molar-refractivity contribution in [1.29, 1.82) is 0 Å². The molecule has 0 saturated carbocycles. The number of amides is 2. The number of likely N-dealkylation sites (tertiary alicyclic amines) is 1. The number of nitrogens with zero attached hydrogens (tertiary/aromatic N) is 2. The Bertz CT molecular complexity index is 768. The lowest BCUT2D eigenvalue weighted by Crippen LogP contribution is -2.38. The Labute approximate surface area is 161 Å². The fourth-order valence-corrected chi connectivity index (χ4v) is 4.62. The first-order valence-corrected chi connectivity index (χ1v) is 10.6. The Morgan fingerprint density at radius 3 is 3.08 bits per heavy atom. The number of piperidine rings is 1. The summed E-state index contributed by atoms with van der Waals surface area (Å²) in [5, 5.41) is 7.97. The molecule has 0 unspecified atom stereocenters. The van der Waals surface area contributed by atoms with Gasteiger partial charge in [-0.1, -0.05) is 6.07 Å². The van der Waals surface area contributed by atoms with Crippen LogP contribution in [0.3, 0.4) is 0 Å². The van der Waals surface area contributed by atoms with Crippen LogP contribution >= 0.6 is 22.7 Å². The van der Waals surface area contributed by atoms with Crippen LogP contribution in [0, 0.1) is 0 Å². The average Bonchev–Trinajstić information content (AvgIpc) is 3.31. The molecule has 0 aliphatic carbocycles. The molecule has 1 aliphatic heterocycles. The highest BCUT2D eigenvalue weighted by molar-refractivity contribution is 7.10. The molecule has 3 heterocycles. The minimum absolute atomic E-state index is 0.0162. The molecule has 2 aromatic rings. The standard InChI is InChI=1S/C19H23N3O2S2/c1-14(23)20-9-8-16-13-26-19(21-16)15-4-2-10-22(12-15)18(24)7-6-17-5-3-11-25-17/h3,5-7,11,13,15H,2,4,8-10,12H2,1H3,(H,20,23)/b7-6+/t15-/m0/s1. The van der Waals surface area contributed by atoms with Gasteiger partial charge in [0.05, 0.1) is 10.7 Å². The second-order valence-electron chi connectivity index (χ2n) is 6.38. The van der Waals surface area contributed by atoms with Crippen LogP contribution in [0.25, 0.3) is 6.08 Å². The largest absolute Gasteiger partial charge is 0.356 e. The van der Waals surface area contributed by atoms with Crippen molar-refractivity contribution in [3.05, 3.63) is 44.5 Å². The van der Waals surface area contributed by atoms with Gasteiger partial charge < -0.3 is 10.2 Å². The molecular weight excluding hydrogens is 366 g/mol. The third-order valence-corrected chi connectivity index (χ3v) is 6.23. The summed E-state index contributed by atoms with van der Waals surface area (Å²) in [5.74, 6) is 0.366. The highest BCUT2D eigenvalue weighted by atomic mass is 32.1. The molecule has 1 atom stereocenters. The third-order valence-electron chi connectivity index (χ3n) is 4.34. The van der Waals surface area contributed by atoms with Crippen LogP contribution in [0.2, 0.25) is 0 Å². The minimum atomic E-state index is -0.0162.